The van der Waals surface area contributed by atoms with E-state index < -0.39 is 22.5 Å². The minimum Gasteiger partial charge on any atom is -0.507 e. The Hall–Kier alpha value is -2.63. The Morgan fingerprint density at radius 2 is 1.90 bits per heavy atom. The Morgan fingerprint density at radius 3 is 2.55 bits per heavy atom. The number of carbonyl (C=O) groups is 1. The van der Waals surface area contributed by atoms with Crippen molar-refractivity contribution < 1.29 is 27.8 Å². The smallest absolute Gasteiger partial charge is 0.255 e. The number of hydrogen-bond donors (Lipinski definition) is 2. The van der Waals surface area contributed by atoms with Gasteiger partial charge in [0.25, 0.3) is 5.91 Å². The summed E-state index contributed by atoms with van der Waals surface area (Å²) in [7, 11) is 0.168. The summed E-state index contributed by atoms with van der Waals surface area (Å²) in [5.74, 6) is -0.0246. The first-order valence-electron chi connectivity index (χ1n) is 8.18. The van der Waals surface area contributed by atoms with Crippen LogP contribution in [0.5, 0.6) is 17.2 Å². The predicted octanol–water partition coefficient (Wildman–Crippen LogP) is 1.94. The third kappa shape index (κ3) is 5.68. The van der Waals surface area contributed by atoms with Crippen molar-refractivity contribution in [1.82, 2.24) is 9.73 Å². The van der Waals surface area contributed by atoms with E-state index in [1.807, 2.05) is 0 Å². The Morgan fingerprint density at radius 1 is 1.21 bits per heavy atom. The molecular weight excluding hydrogens is 466 g/mol. The van der Waals surface area contributed by atoms with E-state index in [9.17, 15) is 18.3 Å². The molecule has 2 aromatic rings. The van der Waals surface area contributed by atoms with Crippen LogP contribution < -0.4 is 14.9 Å². The van der Waals surface area contributed by atoms with Gasteiger partial charge >= 0.3 is 0 Å². The van der Waals surface area contributed by atoms with E-state index >= 15 is 0 Å². The SMILES string of the molecule is COc1ccc(S(=O)(=O)N(C)CC(=O)N/N=C/c2cc(Br)ccc2O)cc1OC. The zero-order valence-electron chi connectivity index (χ0n) is 15.9. The van der Waals surface area contributed by atoms with Gasteiger partial charge in [-0.3, -0.25) is 4.79 Å². The normalized spacial score (nSPS) is 11.6. The van der Waals surface area contributed by atoms with Gasteiger partial charge in [-0.2, -0.15) is 9.41 Å². The summed E-state index contributed by atoms with van der Waals surface area (Å²) in [6, 6.07) is 8.87. The maximum Gasteiger partial charge on any atom is 0.255 e. The number of hydrogen-bond acceptors (Lipinski definition) is 7. The number of benzene rings is 2. The summed E-state index contributed by atoms with van der Waals surface area (Å²) in [6.07, 6.45) is 1.25. The first-order valence-corrected chi connectivity index (χ1v) is 10.4. The molecule has 0 aromatic heterocycles. The highest BCUT2D eigenvalue weighted by molar-refractivity contribution is 9.10. The number of aromatic hydroxyl groups is 1. The van der Waals surface area contributed by atoms with Gasteiger partial charge in [0.1, 0.15) is 5.75 Å². The number of nitrogens with one attached hydrogen (secondary N) is 1. The molecule has 2 rings (SSSR count). The second-order valence-corrected chi connectivity index (χ2v) is 8.73. The minimum absolute atomic E-state index is 0.0145. The summed E-state index contributed by atoms with van der Waals surface area (Å²) < 4.78 is 37.2. The van der Waals surface area contributed by atoms with E-state index in [0.29, 0.717) is 11.3 Å². The van der Waals surface area contributed by atoms with Gasteiger partial charge in [-0.15, -0.1) is 0 Å². The Kier molecular flexibility index (Phi) is 7.59. The Labute approximate surface area is 177 Å². The van der Waals surface area contributed by atoms with Crippen LogP contribution >= 0.6 is 15.9 Å². The molecule has 1 amide bonds. The van der Waals surface area contributed by atoms with Gasteiger partial charge in [0, 0.05) is 23.2 Å². The highest BCUT2D eigenvalue weighted by atomic mass is 79.9. The number of likely N-dealkylation sites (N-methyl/N-ethyl adjacent to an activating group) is 1. The van der Waals surface area contributed by atoms with Crippen LogP contribution in [0.2, 0.25) is 0 Å². The van der Waals surface area contributed by atoms with Crippen molar-refractivity contribution in [3.8, 4) is 17.2 Å². The fourth-order valence-electron chi connectivity index (χ4n) is 2.28. The van der Waals surface area contributed by atoms with Crippen LogP contribution in [0.15, 0.2) is 50.9 Å². The molecule has 0 aliphatic carbocycles. The highest BCUT2D eigenvalue weighted by Gasteiger charge is 2.24. The average Bonchev–Trinajstić information content (AvgIpc) is 2.69. The number of nitrogens with zero attached hydrogens (tertiary/aromatic N) is 2. The molecule has 0 aliphatic rings. The van der Waals surface area contributed by atoms with Crippen molar-refractivity contribution in [3.05, 3.63) is 46.4 Å². The number of halogens is 1. The lowest BCUT2D eigenvalue weighted by atomic mass is 10.2. The van der Waals surface area contributed by atoms with Crippen LogP contribution in [-0.4, -0.2) is 57.8 Å². The van der Waals surface area contributed by atoms with Gasteiger partial charge in [-0.05, 0) is 30.3 Å². The summed E-state index contributed by atoms with van der Waals surface area (Å²) >= 11 is 3.26. The molecule has 0 unspecified atom stereocenters. The Bertz CT molecular complexity index is 1030. The summed E-state index contributed by atoms with van der Waals surface area (Å²) in [5, 5.41) is 13.5. The number of phenols is 1. The molecule has 9 nitrogen and oxygen atoms in total. The molecule has 29 heavy (non-hydrogen) atoms. The fraction of sp³-hybridized carbons (Fsp3) is 0.222. The molecule has 2 aromatic carbocycles. The number of rotatable bonds is 8. The average molecular weight is 486 g/mol. The van der Waals surface area contributed by atoms with Crippen molar-refractivity contribution in [2.45, 2.75) is 4.90 Å². The predicted molar refractivity (Wildman–Crippen MR) is 111 cm³/mol. The van der Waals surface area contributed by atoms with E-state index in [2.05, 4.69) is 26.5 Å². The van der Waals surface area contributed by atoms with Crippen molar-refractivity contribution in [3.63, 3.8) is 0 Å². The molecular formula is C18H20BrN3O6S. The van der Waals surface area contributed by atoms with Crippen LogP contribution in [-0.2, 0) is 14.8 Å². The van der Waals surface area contributed by atoms with Crippen molar-refractivity contribution >= 4 is 38.1 Å². The monoisotopic (exact) mass is 485 g/mol. The lowest BCUT2D eigenvalue weighted by Crippen LogP contribution is -2.36. The minimum atomic E-state index is -3.94. The topological polar surface area (TPSA) is 118 Å². The van der Waals surface area contributed by atoms with Gasteiger partial charge < -0.3 is 14.6 Å². The third-order valence-electron chi connectivity index (χ3n) is 3.81. The Balaban J connectivity index is 2.06. The van der Waals surface area contributed by atoms with E-state index in [4.69, 9.17) is 9.47 Å². The second-order valence-electron chi connectivity index (χ2n) is 5.77. The molecule has 0 aliphatic heterocycles. The fourth-order valence-corrected chi connectivity index (χ4v) is 3.80. The lowest BCUT2D eigenvalue weighted by molar-refractivity contribution is -0.121. The number of methoxy groups -OCH3 is 2. The molecule has 156 valence electrons. The van der Waals surface area contributed by atoms with E-state index in [-0.39, 0.29) is 16.4 Å². The van der Waals surface area contributed by atoms with E-state index in [1.54, 1.807) is 12.1 Å². The molecule has 0 atom stereocenters. The van der Waals surface area contributed by atoms with Crippen LogP contribution in [0.3, 0.4) is 0 Å². The number of carbonyl (C=O) groups excluding carboxylic acids is 1. The van der Waals surface area contributed by atoms with Crippen molar-refractivity contribution in [2.24, 2.45) is 5.10 Å². The largest absolute Gasteiger partial charge is 0.507 e. The first kappa shape index (κ1) is 22.7. The standard InChI is InChI=1S/C18H20BrN3O6S/c1-22(29(25,26)14-5-7-16(27-2)17(9-14)28-3)11-18(24)21-20-10-12-8-13(19)4-6-15(12)23/h4-10,23H,11H2,1-3H3,(H,21,24)/b20-10+. The van der Waals surface area contributed by atoms with Gasteiger partial charge in [-0.25, -0.2) is 13.8 Å². The summed E-state index contributed by atoms with van der Waals surface area (Å²) in [6.45, 7) is -0.460. The number of amides is 1. The summed E-state index contributed by atoms with van der Waals surface area (Å²) in [5.41, 5.74) is 2.61. The molecule has 0 radical (unpaired) electrons. The maximum absolute atomic E-state index is 12.7. The van der Waals surface area contributed by atoms with Crippen molar-refractivity contribution in [2.75, 3.05) is 27.8 Å². The highest BCUT2D eigenvalue weighted by Crippen LogP contribution is 2.30. The molecule has 0 fully saturated rings. The van der Waals surface area contributed by atoms with Crippen LogP contribution in [0.1, 0.15) is 5.56 Å². The van der Waals surface area contributed by atoms with E-state index in [0.717, 1.165) is 8.78 Å². The van der Waals surface area contributed by atoms with Crippen LogP contribution in [0.25, 0.3) is 0 Å². The third-order valence-corrected chi connectivity index (χ3v) is 6.10. The molecule has 2 N–H and O–H groups in total. The van der Waals surface area contributed by atoms with Gasteiger partial charge in [-0.1, -0.05) is 15.9 Å². The zero-order chi connectivity index (χ0) is 21.6. The molecule has 0 heterocycles. The molecule has 0 bridgehead atoms. The quantitative estimate of drug-likeness (QED) is 0.435. The van der Waals surface area contributed by atoms with E-state index in [1.165, 1.54) is 51.7 Å². The van der Waals surface area contributed by atoms with Gasteiger partial charge in [0.15, 0.2) is 11.5 Å². The summed E-state index contributed by atoms with van der Waals surface area (Å²) in [4.78, 5) is 12.0. The number of phenolic OH excluding ortho intramolecular Hbond substituents is 1. The maximum atomic E-state index is 12.7. The number of hydrazone groups is 1. The van der Waals surface area contributed by atoms with Gasteiger partial charge in [0.05, 0.1) is 31.9 Å². The zero-order valence-corrected chi connectivity index (χ0v) is 18.3. The molecule has 0 saturated carbocycles. The lowest BCUT2D eigenvalue weighted by Gasteiger charge is -2.17. The molecule has 0 spiro atoms. The van der Waals surface area contributed by atoms with Crippen LogP contribution in [0.4, 0.5) is 0 Å². The first-order chi connectivity index (χ1) is 13.7. The molecule has 11 heteroatoms. The van der Waals surface area contributed by atoms with Crippen molar-refractivity contribution in [1.29, 1.82) is 0 Å². The van der Waals surface area contributed by atoms with Crippen LogP contribution in [0, 0.1) is 0 Å². The number of sulfonamides is 1. The molecule has 0 saturated heterocycles. The second kappa shape index (κ2) is 9.72. The van der Waals surface area contributed by atoms with Gasteiger partial charge in [0.2, 0.25) is 10.0 Å². The number of ether oxygens (including phenoxy) is 2.